The average molecular weight is 406 g/mol. The smallest absolute Gasteiger partial charge is 0.261 e. The fraction of sp³-hybridized carbons (Fsp3) is 0.280. The number of hydrogen-bond acceptors (Lipinski definition) is 3. The lowest BCUT2D eigenvalue weighted by Gasteiger charge is -2.45. The molecule has 3 aromatic rings. The molecule has 0 bridgehead atoms. The molecule has 3 rings (SSSR count). The van der Waals surface area contributed by atoms with Crippen molar-refractivity contribution in [3.8, 4) is 5.75 Å². The van der Waals surface area contributed by atoms with Gasteiger partial charge >= 0.3 is 0 Å². The molecule has 0 fully saturated rings. The zero-order valence-electron chi connectivity index (χ0n) is 17.8. The lowest BCUT2D eigenvalue weighted by Crippen LogP contribution is -2.67. The minimum Gasteiger partial charge on any atom is -0.497 e. The van der Waals surface area contributed by atoms with Gasteiger partial charge in [-0.05, 0) is 33.1 Å². The van der Waals surface area contributed by atoms with Gasteiger partial charge in [-0.25, -0.2) is 0 Å². The molecule has 0 saturated heterocycles. The molecule has 1 atom stereocenters. The van der Waals surface area contributed by atoms with Crippen LogP contribution in [0.1, 0.15) is 32.4 Å². The molecule has 0 aliphatic heterocycles. The lowest BCUT2D eigenvalue weighted by atomic mass is 10.1. The molecule has 0 aliphatic rings. The van der Waals surface area contributed by atoms with Crippen molar-refractivity contribution < 1.29 is 9.16 Å². The molecular formula is C25H31NO2Si. The van der Waals surface area contributed by atoms with Gasteiger partial charge in [0.25, 0.3) is 8.32 Å². The van der Waals surface area contributed by atoms with Crippen molar-refractivity contribution >= 4 is 18.7 Å². The summed E-state index contributed by atoms with van der Waals surface area (Å²) in [6.45, 7) is 7.25. The normalized spacial score (nSPS) is 13.1. The summed E-state index contributed by atoms with van der Waals surface area (Å²) in [7, 11) is -0.974. The van der Waals surface area contributed by atoms with E-state index in [9.17, 15) is 0 Å². The first-order valence-electron chi connectivity index (χ1n) is 10.1. The van der Waals surface area contributed by atoms with Gasteiger partial charge in [0, 0.05) is 6.54 Å². The van der Waals surface area contributed by atoms with E-state index < -0.39 is 8.32 Å². The number of ether oxygens (including phenoxy) is 1. The van der Waals surface area contributed by atoms with Crippen molar-refractivity contribution in [2.75, 3.05) is 13.7 Å². The SMILES string of the molecule is COc1ccc(C(CN)O[Si](c2ccccc2)(c2ccccc2)C(C)(C)C)cc1. The summed E-state index contributed by atoms with van der Waals surface area (Å²) in [4.78, 5) is 0. The van der Waals surface area contributed by atoms with E-state index in [1.54, 1.807) is 7.11 Å². The third-order valence-electron chi connectivity index (χ3n) is 5.44. The van der Waals surface area contributed by atoms with Crippen LogP contribution in [0.3, 0.4) is 0 Å². The standard InChI is InChI=1S/C25H31NO2Si/c1-25(2,3)29(22-11-7-5-8-12-22,23-13-9-6-10-14-23)28-24(19-26)20-15-17-21(27-4)18-16-20/h5-18,24H,19,26H2,1-4H3. The van der Waals surface area contributed by atoms with Crippen LogP contribution in [-0.4, -0.2) is 22.0 Å². The Morgan fingerprint density at radius 3 is 1.66 bits per heavy atom. The average Bonchev–Trinajstić information content (AvgIpc) is 2.75. The van der Waals surface area contributed by atoms with E-state index in [1.807, 2.05) is 24.3 Å². The molecule has 152 valence electrons. The zero-order chi connectivity index (χ0) is 20.9. The zero-order valence-corrected chi connectivity index (χ0v) is 18.8. The molecule has 2 N–H and O–H groups in total. The number of benzene rings is 3. The van der Waals surface area contributed by atoms with Crippen molar-refractivity contribution in [3.63, 3.8) is 0 Å². The van der Waals surface area contributed by atoms with E-state index >= 15 is 0 Å². The van der Waals surface area contributed by atoms with Crippen LogP contribution in [-0.2, 0) is 4.43 Å². The fourth-order valence-electron chi connectivity index (χ4n) is 3.98. The van der Waals surface area contributed by atoms with Gasteiger partial charge in [-0.3, -0.25) is 0 Å². The molecule has 0 amide bonds. The van der Waals surface area contributed by atoms with Gasteiger partial charge in [0.15, 0.2) is 0 Å². The molecule has 4 heteroatoms. The van der Waals surface area contributed by atoms with Crippen LogP contribution < -0.4 is 20.8 Å². The summed E-state index contributed by atoms with van der Waals surface area (Å²) < 4.78 is 12.5. The van der Waals surface area contributed by atoms with Crippen LogP contribution in [0.2, 0.25) is 5.04 Å². The van der Waals surface area contributed by atoms with Gasteiger partial charge in [-0.15, -0.1) is 0 Å². The van der Waals surface area contributed by atoms with E-state index in [0.717, 1.165) is 11.3 Å². The Morgan fingerprint density at radius 1 is 0.793 bits per heavy atom. The summed E-state index contributed by atoms with van der Waals surface area (Å²) in [6.07, 6.45) is -0.202. The van der Waals surface area contributed by atoms with E-state index in [-0.39, 0.29) is 11.1 Å². The first kappa shape index (κ1) is 21.3. The fourth-order valence-corrected chi connectivity index (χ4v) is 8.65. The summed E-state index contributed by atoms with van der Waals surface area (Å²) in [5.74, 6) is 0.829. The van der Waals surface area contributed by atoms with Crippen LogP contribution >= 0.6 is 0 Å². The summed E-state index contributed by atoms with van der Waals surface area (Å²) >= 11 is 0. The van der Waals surface area contributed by atoms with Gasteiger partial charge in [0.2, 0.25) is 0 Å². The lowest BCUT2D eigenvalue weighted by molar-refractivity contribution is 0.199. The quantitative estimate of drug-likeness (QED) is 0.597. The maximum atomic E-state index is 7.16. The van der Waals surface area contributed by atoms with Crippen molar-refractivity contribution in [2.45, 2.75) is 31.9 Å². The molecule has 0 saturated carbocycles. The molecule has 3 nitrogen and oxygen atoms in total. The Morgan fingerprint density at radius 2 is 1.28 bits per heavy atom. The molecule has 0 spiro atoms. The maximum Gasteiger partial charge on any atom is 0.261 e. The number of rotatable bonds is 7. The van der Waals surface area contributed by atoms with Gasteiger partial charge in [0.05, 0.1) is 13.2 Å². The van der Waals surface area contributed by atoms with Crippen LogP contribution in [0.5, 0.6) is 5.75 Å². The summed E-state index contributed by atoms with van der Waals surface area (Å²) in [6, 6.07) is 29.3. The number of hydrogen-bond donors (Lipinski definition) is 1. The molecule has 3 aromatic carbocycles. The highest BCUT2D eigenvalue weighted by molar-refractivity contribution is 6.99. The van der Waals surface area contributed by atoms with Gasteiger partial charge in [-0.2, -0.15) is 0 Å². The van der Waals surface area contributed by atoms with E-state index in [0.29, 0.717) is 6.54 Å². The highest BCUT2D eigenvalue weighted by Gasteiger charge is 2.51. The minimum atomic E-state index is -2.65. The Balaban J connectivity index is 2.16. The van der Waals surface area contributed by atoms with E-state index in [2.05, 4.69) is 81.4 Å². The van der Waals surface area contributed by atoms with Crippen LogP contribution in [0.25, 0.3) is 0 Å². The Kier molecular flexibility index (Phi) is 6.58. The van der Waals surface area contributed by atoms with E-state index in [4.69, 9.17) is 14.9 Å². The maximum absolute atomic E-state index is 7.16. The third kappa shape index (κ3) is 4.30. The second kappa shape index (κ2) is 8.95. The number of nitrogens with two attached hydrogens (primary N) is 1. The molecule has 29 heavy (non-hydrogen) atoms. The van der Waals surface area contributed by atoms with Gasteiger partial charge in [-0.1, -0.05) is 93.6 Å². The van der Waals surface area contributed by atoms with Crippen LogP contribution in [0, 0.1) is 0 Å². The number of methoxy groups -OCH3 is 1. The predicted octanol–water partition coefficient (Wildman–Crippen LogP) is 4.27. The first-order chi connectivity index (χ1) is 13.9. The Hall–Kier alpha value is -2.40. The molecule has 0 heterocycles. The Bertz CT molecular complexity index is 850. The third-order valence-corrected chi connectivity index (χ3v) is 10.5. The highest BCUT2D eigenvalue weighted by atomic mass is 28.4. The van der Waals surface area contributed by atoms with Crippen molar-refractivity contribution in [2.24, 2.45) is 5.73 Å². The van der Waals surface area contributed by atoms with Crippen molar-refractivity contribution in [3.05, 3.63) is 90.5 Å². The van der Waals surface area contributed by atoms with Gasteiger partial charge < -0.3 is 14.9 Å². The van der Waals surface area contributed by atoms with Crippen LogP contribution in [0.4, 0.5) is 0 Å². The van der Waals surface area contributed by atoms with Crippen molar-refractivity contribution in [1.29, 1.82) is 0 Å². The van der Waals surface area contributed by atoms with Crippen LogP contribution in [0.15, 0.2) is 84.9 Å². The summed E-state index contributed by atoms with van der Waals surface area (Å²) in [5.41, 5.74) is 7.32. The molecule has 1 unspecified atom stereocenters. The molecule has 0 radical (unpaired) electrons. The molecular weight excluding hydrogens is 374 g/mol. The minimum absolute atomic E-state index is 0.0877. The van der Waals surface area contributed by atoms with Gasteiger partial charge in [0.1, 0.15) is 5.75 Å². The monoisotopic (exact) mass is 405 g/mol. The second-order valence-electron chi connectivity index (χ2n) is 8.28. The topological polar surface area (TPSA) is 44.5 Å². The molecule has 0 aliphatic carbocycles. The Labute approximate surface area is 175 Å². The molecule has 0 aromatic heterocycles. The first-order valence-corrected chi connectivity index (χ1v) is 12.0. The predicted molar refractivity (Wildman–Crippen MR) is 123 cm³/mol. The van der Waals surface area contributed by atoms with E-state index in [1.165, 1.54) is 10.4 Å². The highest BCUT2D eigenvalue weighted by Crippen LogP contribution is 2.39. The van der Waals surface area contributed by atoms with Crippen molar-refractivity contribution in [1.82, 2.24) is 0 Å². The summed E-state index contributed by atoms with van der Waals surface area (Å²) in [5, 5.41) is 2.42. The largest absolute Gasteiger partial charge is 0.497 e. The second-order valence-corrected chi connectivity index (χ2v) is 12.5.